The Kier molecular flexibility index (Phi) is 11.1. The summed E-state index contributed by atoms with van der Waals surface area (Å²) in [6.45, 7) is 9.59. The summed E-state index contributed by atoms with van der Waals surface area (Å²) < 4.78 is 22.2. The van der Waals surface area contributed by atoms with Crippen LogP contribution in [0, 0.1) is 12.8 Å². The molecule has 0 radical (unpaired) electrons. The van der Waals surface area contributed by atoms with Gasteiger partial charge in [-0.3, -0.25) is 14.5 Å². The summed E-state index contributed by atoms with van der Waals surface area (Å²) in [6.07, 6.45) is 2.50. The van der Waals surface area contributed by atoms with E-state index in [1.54, 1.807) is 50.8 Å². The first-order valence-corrected chi connectivity index (χ1v) is 18.1. The Labute approximate surface area is 310 Å². The Balaban J connectivity index is 1.18. The highest BCUT2D eigenvalue weighted by Crippen LogP contribution is 2.39. The number of urea groups is 2. The number of methoxy groups -OCH3 is 1. The molecule has 2 aliphatic heterocycles. The van der Waals surface area contributed by atoms with Crippen molar-refractivity contribution in [1.82, 2.24) is 15.1 Å². The summed E-state index contributed by atoms with van der Waals surface area (Å²) in [4.78, 5) is 57.1. The number of nitrogens with zero attached hydrogens (tertiary/aromatic N) is 2. The van der Waals surface area contributed by atoms with Gasteiger partial charge in [0.15, 0.2) is 11.5 Å². The Morgan fingerprint density at radius 2 is 1.70 bits per heavy atom. The van der Waals surface area contributed by atoms with E-state index in [2.05, 4.69) is 16.0 Å². The molecule has 0 spiro atoms. The number of imide groups is 1. The highest BCUT2D eigenvalue weighted by molar-refractivity contribution is 6.07. The van der Waals surface area contributed by atoms with Gasteiger partial charge in [-0.2, -0.15) is 0 Å². The Morgan fingerprint density at radius 3 is 2.42 bits per heavy atom. The van der Waals surface area contributed by atoms with Crippen molar-refractivity contribution in [3.63, 3.8) is 0 Å². The normalized spacial score (nSPS) is 17.2. The van der Waals surface area contributed by atoms with Crippen molar-refractivity contribution in [2.45, 2.75) is 90.6 Å². The van der Waals surface area contributed by atoms with Crippen LogP contribution in [0.2, 0.25) is 0 Å². The van der Waals surface area contributed by atoms with Crippen LogP contribution in [0.3, 0.4) is 0 Å². The van der Waals surface area contributed by atoms with Gasteiger partial charge in [0.05, 0.1) is 31.4 Å². The second-order valence-electron chi connectivity index (χ2n) is 14.7. The summed E-state index contributed by atoms with van der Waals surface area (Å²) in [5.41, 5.74) is 2.48. The molecule has 1 saturated heterocycles. The van der Waals surface area contributed by atoms with Crippen molar-refractivity contribution in [3.8, 4) is 17.2 Å². The zero-order valence-corrected chi connectivity index (χ0v) is 31.2. The van der Waals surface area contributed by atoms with Gasteiger partial charge in [0.1, 0.15) is 11.3 Å². The van der Waals surface area contributed by atoms with E-state index in [4.69, 9.17) is 18.9 Å². The van der Waals surface area contributed by atoms with Crippen molar-refractivity contribution in [1.29, 1.82) is 0 Å². The molecule has 3 aromatic rings. The number of para-hydroxylation sites is 1. The van der Waals surface area contributed by atoms with Gasteiger partial charge < -0.3 is 39.8 Å². The molecule has 13 nitrogen and oxygen atoms in total. The number of nitrogens with one attached hydrogen (secondary N) is 3. The van der Waals surface area contributed by atoms with Crippen LogP contribution in [0.5, 0.6) is 17.2 Å². The minimum Gasteiger partial charge on any atom is -0.495 e. The molecule has 3 N–H and O–H groups in total. The summed E-state index contributed by atoms with van der Waals surface area (Å²) in [6, 6.07) is 16.6. The number of anilines is 2. The lowest BCUT2D eigenvalue weighted by Gasteiger charge is -2.29. The molecule has 2 atom stereocenters. The number of aryl methyl sites for hydroxylation is 1. The van der Waals surface area contributed by atoms with Gasteiger partial charge in [-0.15, -0.1) is 0 Å². The molecule has 6 rings (SSSR count). The van der Waals surface area contributed by atoms with Gasteiger partial charge in [-0.1, -0.05) is 43.2 Å². The minimum absolute atomic E-state index is 0.0493. The van der Waals surface area contributed by atoms with Crippen LogP contribution in [0.15, 0.2) is 60.7 Å². The SMILES string of the molecule is COc1cc(CN2C(=O)N(C(CNC(CC(=O)OC(C)C)c3ccc4c(c3)OCO4)CC3CC3)C(=O)C2(C)C)ccc1NC(=O)Nc1ccccc1C. The van der Waals surface area contributed by atoms with E-state index < -0.39 is 23.7 Å². The first kappa shape index (κ1) is 37.5. The van der Waals surface area contributed by atoms with Crippen LogP contribution < -0.4 is 30.2 Å². The summed E-state index contributed by atoms with van der Waals surface area (Å²) >= 11 is 0. The van der Waals surface area contributed by atoms with Crippen molar-refractivity contribution >= 4 is 35.3 Å². The van der Waals surface area contributed by atoms with E-state index in [1.165, 1.54) is 12.0 Å². The number of rotatable bonds is 15. The third-order valence-electron chi connectivity index (χ3n) is 9.91. The molecule has 1 aliphatic carbocycles. The highest BCUT2D eigenvalue weighted by atomic mass is 16.7. The maximum atomic E-state index is 14.3. The fourth-order valence-electron chi connectivity index (χ4n) is 6.77. The average Bonchev–Trinajstić information content (AvgIpc) is 3.78. The first-order valence-electron chi connectivity index (χ1n) is 18.1. The minimum atomic E-state index is -1.13. The zero-order chi connectivity index (χ0) is 37.9. The fraction of sp³-hybridized carbons (Fsp3) is 0.450. The number of fused-ring (bicyclic) bond motifs is 1. The lowest BCUT2D eigenvalue weighted by Crippen LogP contribution is -2.48. The Hall–Kier alpha value is -5.30. The van der Waals surface area contributed by atoms with Crippen LogP contribution in [0.1, 0.15) is 76.1 Å². The Bertz CT molecular complexity index is 1860. The lowest BCUT2D eigenvalue weighted by molar-refractivity contribution is -0.148. The molecule has 53 heavy (non-hydrogen) atoms. The molecule has 2 heterocycles. The first-order chi connectivity index (χ1) is 25.3. The number of benzene rings is 3. The van der Waals surface area contributed by atoms with Gasteiger partial charge in [0, 0.05) is 24.8 Å². The van der Waals surface area contributed by atoms with Crippen LogP contribution in [0.4, 0.5) is 21.0 Å². The van der Waals surface area contributed by atoms with Crippen molar-refractivity contribution in [3.05, 3.63) is 77.4 Å². The predicted molar refractivity (Wildman–Crippen MR) is 199 cm³/mol. The molecule has 282 valence electrons. The number of carbonyl (C=O) groups is 4. The smallest absolute Gasteiger partial charge is 0.328 e. The van der Waals surface area contributed by atoms with Gasteiger partial charge in [0.25, 0.3) is 5.91 Å². The van der Waals surface area contributed by atoms with E-state index in [1.807, 2.05) is 49.4 Å². The predicted octanol–water partition coefficient (Wildman–Crippen LogP) is 6.76. The second-order valence-corrected chi connectivity index (χ2v) is 14.7. The average molecular weight is 728 g/mol. The fourth-order valence-corrected chi connectivity index (χ4v) is 6.77. The molecule has 13 heteroatoms. The van der Waals surface area contributed by atoms with Gasteiger partial charge in [0.2, 0.25) is 6.79 Å². The molecule has 5 amide bonds. The summed E-state index contributed by atoms with van der Waals surface area (Å²) in [7, 11) is 1.51. The third kappa shape index (κ3) is 8.68. The number of ether oxygens (including phenoxy) is 4. The number of esters is 1. The second kappa shape index (κ2) is 15.7. The molecule has 3 aromatic carbocycles. The molecular formula is C40H49N5O8. The topological polar surface area (TPSA) is 148 Å². The van der Waals surface area contributed by atoms with E-state index in [0.717, 1.165) is 29.5 Å². The lowest BCUT2D eigenvalue weighted by atomic mass is 10.00. The molecule has 0 bridgehead atoms. The maximum absolute atomic E-state index is 14.3. The van der Waals surface area contributed by atoms with Crippen molar-refractivity contribution in [2.75, 3.05) is 31.1 Å². The highest BCUT2D eigenvalue weighted by Gasteiger charge is 2.53. The van der Waals surface area contributed by atoms with Crippen LogP contribution in [0.25, 0.3) is 0 Å². The monoisotopic (exact) mass is 727 g/mol. The summed E-state index contributed by atoms with van der Waals surface area (Å²) in [5, 5.41) is 9.20. The standard InChI is InChI=1S/C40H49N5O8/c1-24(2)53-36(46)20-32(28-14-16-33-35(19-28)52-23-51-33)41-21-29(17-26-11-12-26)45-37(47)40(4,5)44(39(45)49)22-27-13-15-31(34(18-27)50-6)43-38(48)42-30-10-8-7-9-25(30)3/h7-10,13-16,18-19,24,26,29,32,41H,11-12,17,20-23H2,1-6H3,(H2,42,43,48). The zero-order valence-electron chi connectivity index (χ0n) is 31.2. The molecular weight excluding hydrogens is 678 g/mol. The van der Waals surface area contributed by atoms with Crippen molar-refractivity contribution < 1.29 is 38.1 Å². The number of amides is 5. The van der Waals surface area contributed by atoms with E-state index >= 15 is 0 Å². The van der Waals surface area contributed by atoms with Crippen molar-refractivity contribution in [2.24, 2.45) is 5.92 Å². The third-order valence-corrected chi connectivity index (χ3v) is 9.91. The maximum Gasteiger partial charge on any atom is 0.328 e. The molecule has 3 aliphatic rings. The van der Waals surface area contributed by atoms with Gasteiger partial charge in [-0.05, 0) is 94.0 Å². The molecule has 2 fully saturated rings. The number of hydrogen-bond acceptors (Lipinski definition) is 9. The van der Waals surface area contributed by atoms with Gasteiger partial charge in [-0.25, -0.2) is 9.59 Å². The molecule has 1 saturated carbocycles. The van der Waals surface area contributed by atoms with Crippen LogP contribution >= 0.6 is 0 Å². The van der Waals surface area contributed by atoms with E-state index in [9.17, 15) is 19.2 Å². The molecule has 0 aromatic heterocycles. The van der Waals surface area contributed by atoms with E-state index in [-0.39, 0.29) is 50.3 Å². The largest absolute Gasteiger partial charge is 0.495 e. The van der Waals surface area contributed by atoms with Crippen LogP contribution in [-0.2, 0) is 20.9 Å². The van der Waals surface area contributed by atoms with Crippen LogP contribution in [-0.4, -0.2) is 71.9 Å². The quantitative estimate of drug-likeness (QED) is 0.114. The van der Waals surface area contributed by atoms with E-state index in [0.29, 0.717) is 41.0 Å². The Morgan fingerprint density at radius 1 is 0.962 bits per heavy atom. The van der Waals surface area contributed by atoms with Gasteiger partial charge >= 0.3 is 18.0 Å². The number of carbonyl (C=O) groups excluding carboxylic acids is 4. The number of hydrogen-bond donors (Lipinski definition) is 3. The molecule has 2 unspecified atom stereocenters. The summed E-state index contributed by atoms with van der Waals surface area (Å²) in [5.74, 6) is 1.39.